The Bertz CT molecular complexity index is 216. The lowest BCUT2D eigenvalue weighted by Crippen LogP contribution is -2.24. The van der Waals surface area contributed by atoms with Crippen LogP contribution in [0.5, 0.6) is 0 Å². The Morgan fingerprint density at radius 3 is 2.64 bits per heavy atom. The van der Waals surface area contributed by atoms with Crippen LogP contribution in [0.4, 0.5) is 0 Å². The smallest absolute Gasteiger partial charge is 0.0926 e. The fraction of sp³-hybridized carbons (Fsp3) is 0.600. The maximum atomic E-state index is 5.82. The molecule has 0 aliphatic heterocycles. The van der Waals surface area contributed by atoms with Crippen LogP contribution in [-0.2, 0) is 4.74 Å². The highest BCUT2D eigenvalue weighted by molar-refractivity contribution is 9.11. The van der Waals surface area contributed by atoms with Gasteiger partial charge in [-0.15, -0.1) is 11.6 Å². The van der Waals surface area contributed by atoms with E-state index in [0.29, 0.717) is 12.6 Å². The molecule has 82 valence electrons. The summed E-state index contributed by atoms with van der Waals surface area (Å²) in [6.45, 7) is 5.51. The van der Waals surface area contributed by atoms with Crippen LogP contribution < -0.4 is 0 Å². The average molecular weight is 283 g/mol. The summed E-state index contributed by atoms with van der Waals surface area (Å²) in [4.78, 5) is 2.05. The molecule has 0 aliphatic rings. The second-order valence-electron chi connectivity index (χ2n) is 2.84. The van der Waals surface area contributed by atoms with Crippen LogP contribution in [0.3, 0.4) is 0 Å². The SMILES string of the molecule is CC=C(Br)C=C(C)N(CCl)CCOC. The van der Waals surface area contributed by atoms with Crippen LogP contribution >= 0.6 is 27.5 Å². The van der Waals surface area contributed by atoms with Gasteiger partial charge in [-0.1, -0.05) is 22.0 Å². The Morgan fingerprint density at radius 1 is 1.57 bits per heavy atom. The van der Waals surface area contributed by atoms with Gasteiger partial charge in [-0.3, -0.25) is 0 Å². The van der Waals surface area contributed by atoms with E-state index in [4.69, 9.17) is 16.3 Å². The maximum absolute atomic E-state index is 5.82. The summed E-state index contributed by atoms with van der Waals surface area (Å²) in [5.74, 6) is 0. The molecule has 0 saturated carbocycles. The van der Waals surface area contributed by atoms with Crippen molar-refractivity contribution >= 4 is 27.5 Å². The number of methoxy groups -OCH3 is 1. The topological polar surface area (TPSA) is 12.5 Å². The molecule has 0 radical (unpaired) electrons. The lowest BCUT2D eigenvalue weighted by Gasteiger charge is -2.22. The fourth-order valence-electron chi connectivity index (χ4n) is 0.906. The molecule has 2 nitrogen and oxygen atoms in total. The van der Waals surface area contributed by atoms with E-state index in [1.165, 1.54) is 0 Å². The van der Waals surface area contributed by atoms with E-state index in [0.717, 1.165) is 16.7 Å². The third-order valence-electron chi connectivity index (χ3n) is 1.83. The fourth-order valence-corrected chi connectivity index (χ4v) is 1.55. The minimum absolute atomic E-state index is 0.482. The highest BCUT2D eigenvalue weighted by Crippen LogP contribution is 2.13. The van der Waals surface area contributed by atoms with Gasteiger partial charge in [-0.25, -0.2) is 0 Å². The lowest BCUT2D eigenvalue weighted by atomic mass is 10.3. The third-order valence-corrected chi connectivity index (χ3v) is 2.81. The van der Waals surface area contributed by atoms with Gasteiger partial charge >= 0.3 is 0 Å². The van der Waals surface area contributed by atoms with Gasteiger partial charge < -0.3 is 9.64 Å². The molecule has 0 N–H and O–H groups in total. The largest absolute Gasteiger partial charge is 0.383 e. The predicted molar refractivity (Wildman–Crippen MR) is 65.7 cm³/mol. The quantitative estimate of drug-likeness (QED) is 0.421. The summed E-state index contributed by atoms with van der Waals surface area (Å²) in [7, 11) is 1.69. The molecule has 0 aromatic heterocycles. The maximum Gasteiger partial charge on any atom is 0.0926 e. The summed E-state index contributed by atoms with van der Waals surface area (Å²) in [6.07, 6.45) is 4.03. The van der Waals surface area contributed by atoms with Crippen LogP contribution in [0.2, 0.25) is 0 Å². The first-order valence-electron chi connectivity index (χ1n) is 4.45. The lowest BCUT2D eigenvalue weighted by molar-refractivity contribution is 0.171. The van der Waals surface area contributed by atoms with E-state index >= 15 is 0 Å². The van der Waals surface area contributed by atoms with E-state index in [1.54, 1.807) is 7.11 Å². The van der Waals surface area contributed by atoms with Gasteiger partial charge in [0.1, 0.15) is 0 Å². The van der Waals surface area contributed by atoms with Crippen molar-refractivity contribution in [2.75, 3.05) is 26.3 Å². The van der Waals surface area contributed by atoms with Crippen LogP contribution in [0, 0.1) is 0 Å². The van der Waals surface area contributed by atoms with Gasteiger partial charge in [-0.2, -0.15) is 0 Å². The molecule has 0 aliphatic carbocycles. The summed E-state index contributed by atoms with van der Waals surface area (Å²) in [5.41, 5.74) is 1.13. The standard InChI is InChI=1S/C10H17BrClNO/c1-4-10(11)7-9(2)13(8-12)5-6-14-3/h4,7H,5-6,8H2,1-3H3. The molecule has 14 heavy (non-hydrogen) atoms. The van der Waals surface area contributed by atoms with Gasteiger partial charge in [0.05, 0.1) is 12.6 Å². The monoisotopic (exact) mass is 281 g/mol. The molecule has 0 atom stereocenters. The van der Waals surface area contributed by atoms with E-state index in [2.05, 4.69) is 20.8 Å². The van der Waals surface area contributed by atoms with Crippen LogP contribution in [0.25, 0.3) is 0 Å². The van der Waals surface area contributed by atoms with Crippen molar-refractivity contribution < 1.29 is 4.74 Å². The van der Waals surface area contributed by atoms with Crippen molar-refractivity contribution in [3.63, 3.8) is 0 Å². The van der Waals surface area contributed by atoms with E-state index in [-0.39, 0.29) is 0 Å². The van der Waals surface area contributed by atoms with Crippen molar-refractivity contribution in [1.82, 2.24) is 4.90 Å². The molecular formula is C10H17BrClNO. The molecule has 0 heterocycles. The van der Waals surface area contributed by atoms with Gasteiger partial charge in [0, 0.05) is 23.8 Å². The molecule has 4 heteroatoms. The number of rotatable bonds is 6. The molecule has 0 aromatic carbocycles. The van der Waals surface area contributed by atoms with Crippen LogP contribution in [0.1, 0.15) is 13.8 Å². The normalized spacial score (nSPS) is 13.2. The van der Waals surface area contributed by atoms with Crippen molar-refractivity contribution in [2.45, 2.75) is 13.8 Å². The predicted octanol–water partition coefficient (Wildman–Crippen LogP) is 3.33. The van der Waals surface area contributed by atoms with E-state index in [1.807, 2.05) is 26.0 Å². The Kier molecular flexibility index (Phi) is 8.34. The molecule has 0 amide bonds. The number of halogens is 2. The first kappa shape index (κ1) is 14.0. The van der Waals surface area contributed by atoms with Crippen molar-refractivity contribution in [3.8, 4) is 0 Å². The molecule has 0 unspecified atom stereocenters. The first-order valence-corrected chi connectivity index (χ1v) is 5.78. The Labute approximate surface area is 99.7 Å². The number of ether oxygens (including phenoxy) is 1. The van der Waals surface area contributed by atoms with Gasteiger partial charge in [-0.05, 0) is 19.9 Å². The molecule has 0 aromatic rings. The zero-order valence-corrected chi connectivity index (χ0v) is 11.2. The van der Waals surface area contributed by atoms with Crippen molar-refractivity contribution in [1.29, 1.82) is 0 Å². The molecular weight excluding hydrogens is 265 g/mol. The minimum Gasteiger partial charge on any atom is -0.383 e. The Hall–Kier alpha value is 0.01000. The highest BCUT2D eigenvalue weighted by Gasteiger charge is 2.03. The molecule has 0 saturated heterocycles. The summed E-state index contributed by atoms with van der Waals surface area (Å²) < 4.78 is 6.06. The van der Waals surface area contributed by atoms with E-state index in [9.17, 15) is 0 Å². The number of hydrogen-bond donors (Lipinski definition) is 0. The van der Waals surface area contributed by atoms with Gasteiger partial charge in [0.25, 0.3) is 0 Å². The number of hydrogen-bond acceptors (Lipinski definition) is 2. The van der Waals surface area contributed by atoms with Gasteiger partial charge in [0.2, 0.25) is 0 Å². The minimum atomic E-state index is 0.482. The summed E-state index contributed by atoms with van der Waals surface area (Å²) in [6, 6.07) is 0.482. The third kappa shape index (κ3) is 5.68. The summed E-state index contributed by atoms with van der Waals surface area (Å²) in [5, 5.41) is 0. The van der Waals surface area contributed by atoms with Gasteiger partial charge in [0.15, 0.2) is 0 Å². The second-order valence-corrected chi connectivity index (χ2v) is 3.99. The number of alkyl halides is 1. The zero-order valence-electron chi connectivity index (χ0n) is 8.89. The van der Waals surface area contributed by atoms with E-state index < -0.39 is 0 Å². The van der Waals surface area contributed by atoms with Crippen LogP contribution in [-0.4, -0.2) is 31.2 Å². The number of allylic oxidation sites excluding steroid dienone is 4. The van der Waals surface area contributed by atoms with Crippen molar-refractivity contribution in [2.24, 2.45) is 0 Å². The Morgan fingerprint density at radius 2 is 2.21 bits per heavy atom. The molecule has 0 rings (SSSR count). The molecule has 0 spiro atoms. The highest BCUT2D eigenvalue weighted by atomic mass is 79.9. The second kappa shape index (κ2) is 8.33. The summed E-state index contributed by atoms with van der Waals surface area (Å²) >= 11 is 9.25. The molecule has 0 fully saturated rings. The average Bonchev–Trinajstić information content (AvgIpc) is 2.18. The first-order chi connectivity index (χ1) is 6.65. The zero-order chi connectivity index (χ0) is 11.0. The van der Waals surface area contributed by atoms with Crippen LogP contribution in [0.15, 0.2) is 22.3 Å². The number of nitrogens with zero attached hydrogens (tertiary/aromatic N) is 1. The Balaban J connectivity index is 4.29. The molecule has 0 bridgehead atoms. The van der Waals surface area contributed by atoms with Crippen molar-refractivity contribution in [3.05, 3.63) is 22.3 Å².